The molecule has 0 aliphatic heterocycles. The molecule has 0 aliphatic rings. The van der Waals surface area contributed by atoms with E-state index in [4.69, 9.17) is 0 Å². The predicted molar refractivity (Wildman–Crippen MR) is 58.6 cm³/mol. The smallest absolute Gasteiger partial charge is 0.340 e. The molecule has 0 saturated carbocycles. The van der Waals surface area contributed by atoms with Gasteiger partial charge in [-0.2, -0.15) is 0 Å². The number of fused-ring (bicyclic) bond motifs is 1. The maximum Gasteiger partial charge on any atom is 0.340 e. The number of carbonyl (C=O) groups excluding carboxylic acids is 1. The molecule has 0 amide bonds. The third-order valence-corrected chi connectivity index (χ3v) is 2.86. The Kier molecular flexibility index (Phi) is 2.64. The highest BCUT2D eigenvalue weighted by molar-refractivity contribution is 9.10. The van der Waals surface area contributed by atoms with Crippen LogP contribution in [0.2, 0.25) is 0 Å². The van der Waals surface area contributed by atoms with Crippen LogP contribution in [0.15, 0.2) is 29.1 Å². The minimum absolute atomic E-state index is 0.401. The monoisotopic (exact) mass is 266 g/mol. The van der Waals surface area contributed by atoms with Crippen molar-refractivity contribution in [2.45, 2.75) is 0 Å². The number of nitrogens with zero attached hydrogens (tertiary/aromatic N) is 2. The fourth-order valence-electron chi connectivity index (χ4n) is 1.26. The first-order valence-corrected chi connectivity index (χ1v) is 5.00. The van der Waals surface area contributed by atoms with E-state index < -0.39 is 5.97 Å². The second-order valence-electron chi connectivity index (χ2n) is 2.87. The lowest BCUT2D eigenvalue weighted by Gasteiger charge is -2.04. The Morgan fingerprint density at radius 1 is 1.47 bits per heavy atom. The van der Waals surface area contributed by atoms with Gasteiger partial charge in [-0.1, -0.05) is 0 Å². The number of esters is 1. The second kappa shape index (κ2) is 3.94. The van der Waals surface area contributed by atoms with Crippen LogP contribution in [-0.4, -0.2) is 23.0 Å². The molecule has 0 fully saturated rings. The van der Waals surface area contributed by atoms with Gasteiger partial charge in [-0.3, -0.25) is 9.97 Å². The molecule has 2 heterocycles. The molecule has 0 unspecified atom stereocenters. The molecule has 15 heavy (non-hydrogen) atoms. The van der Waals surface area contributed by atoms with Crippen LogP contribution in [-0.2, 0) is 4.74 Å². The Labute approximate surface area is 94.4 Å². The zero-order valence-corrected chi connectivity index (χ0v) is 9.48. The molecule has 2 rings (SSSR count). The van der Waals surface area contributed by atoms with Crippen molar-refractivity contribution in [2.75, 3.05) is 7.11 Å². The van der Waals surface area contributed by atoms with E-state index in [9.17, 15) is 4.79 Å². The highest BCUT2D eigenvalue weighted by Crippen LogP contribution is 2.25. The summed E-state index contributed by atoms with van der Waals surface area (Å²) in [6.07, 6.45) is 4.79. The molecule has 0 N–H and O–H groups in total. The van der Waals surface area contributed by atoms with Gasteiger partial charge in [-0.05, 0) is 22.0 Å². The first-order chi connectivity index (χ1) is 7.24. The average Bonchev–Trinajstić information content (AvgIpc) is 2.29. The van der Waals surface area contributed by atoms with Gasteiger partial charge in [0.2, 0.25) is 0 Å². The van der Waals surface area contributed by atoms with Gasteiger partial charge in [0.1, 0.15) is 0 Å². The predicted octanol–water partition coefficient (Wildman–Crippen LogP) is 2.18. The number of methoxy groups -OCH3 is 1. The van der Waals surface area contributed by atoms with E-state index in [1.54, 1.807) is 18.5 Å². The van der Waals surface area contributed by atoms with Gasteiger partial charge >= 0.3 is 5.97 Å². The number of ether oxygens (including phenoxy) is 1. The van der Waals surface area contributed by atoms with Gasteiger partial charge in [-0.15, -0.1) is 0 Å². The van der Waals surface area contributed by atoms with Gasteiger partial charge in [0, 0.05) is 28.4 Å². The summed E-state index contributed by atoms with van der Waals surface area (Å²) in [5, 5.41) is 0.792. The third-order valence-electron chi connectivity index (χ3n) is 2.01. The summed E-state index contributed by atoms with van der Waals surface area (Å²) >= 11 is 3.34. The fourth-order valence-corrected chi connectivity index (χ4v) is 1.83. The number of halogens is 1. The lowest BCUT2D eigenvalue weighted by molar-refractivity contribution is 0.0599. The van der Waals surface area contributed by atoms with Crippen LogP contribution in [0, 0.1) is 0 Å². The van der Waals surface area contributed by atoms with Gasteiger partial charge in [-0.25, -0.2) is 4.79 Å². The molecule has 0 saturated heterocycles. The molecule has 0 aliphatic carbocycles. The summed E-state index contributed by atoms with van der Waals surface area (Å²) < 4.78 is 5.30. The van der Waals surface area contributed by atoms with E-state index in [1.807, 2.05) is 0 Å². The van der Waals surface area contributed by atoms with Gasteiger partial charge in [0.25, 0.3) is 0 Å². The third kappa shape index (κ3) is 1.70. The van der Waals surface area contributed by atoms with Gasteiger partial charge < -0.3 is 4.74 Å². The number of carbonyl (C=O) groups is 1. The van der Waals surface area contributed by atoms with Crippen molar-refractivity contribution >= 4 is 32.8 Å². The van der Waals surface area contributed by atoms with Crippen LogP contribution in [0.4, 0.5) is 0 Å². The Bertz CT molecular complexity index is 528. The van der Waals surface area contributed by atoms with E-state index >= 15 is 0 Å². The first-order valence-electron chi connectivity index (χ1n) is 4.20. The van der Waals surface area contributed by atoms with E-state index in [0.717, 1.165) is 10.9 Å². The van der Waals surface area contributed by atoms with Crippen LogP contribution < -0.4 is 0 Å². The van der Waals surface area contributed by atoms with Crippen molar-refractivity contribution in [2.24, 2.45) is 0 Å². The van der Waals surface area contributed by atoms with Gasteiger partial charge in [0.15, 0.2) is 0 Å². The van der Waals surface area contributed by atoms with E-state index in [1.165, 1.54) is 13.3 Å². The van der Waals surface area contributed by atoms with Crippen LogP contribution in [0.5, 0.6) is 0 Å². The first kappa shape index (κ1) is 10.0. The second-order valence-corrected chi connectivity index (χ2v) is 3.66. The molecule has 5 heteroatoms. The topological polar surface area (TPSA) is 52.1 Å². The minimum atomic E-state index is -0.417. The average molecular weight is 267 g/mol. The Morgan fingerprint density at radius 2 is 2.27 bits per heavy atom. The van der Waals surface area contributed by atoms with Crippen molar-refractivity contribution in [3.8, 4) is 0 Å². The molecule has 2 aromatic heterocycles. The van der Waals surface area contributed by atoms with Crippen LogP contribution in [0.3, 0.4) is 0 Å². The molecule has 0 spiro atoms. The lowest BCUT2D eigenvalue weighted by atomic mass is 10.2. The highest BCUT2D eigenvalue weighted by Gasteiger charge is 2.13. The summed E-state index contributed by atoms with van der Waals surface area (Å²) in [4.78, 5) is 19.5. The molecule has 4 nitrogen and oxygen atoms in total. The summed E-state index contributed by atoms with van der Waals surface area (Å²) in [6.45, 7) is 0. The van der Waals surface area contributed by atoms with E-state index in [0.29, 0.717) is 10.0 Å². The number of hydrogen-bond acceptors (Lipinski definition) is 4. The molecular formula is C10H7BrN2O2. The van der Waals surface area contributed by atoms with Crippen LogP contribution in [0.25, 0.3) is 10.9 Å². The lowest BCUT2D eigenvalue weighted by Crippen LogP contribution is -2.03. The van der Waals surface area contributed by atoms with E-state index in [2.05, 4.69) is 30.6 Å². The van der Waals surface area contributed by atoms with E-state index in [-0.39, 0.29) is 0 Å². The van der Waals surface area contributed by atoms with Crippen molar-refractivity contribution < 1.29 is 9.53 Å². The van der Waals surface area contributed by atoms with Gasteiger partial charge in [0.05, 0.1) is 18.2 Å². The molecule has 0 radical (unpaired) electrons. The summed E-state index contributed by atoms with van der Waals surface area (Å²) in [7, 11) is 1.34. The number of rotatable bonds is 1. The fraction of sp³-hybridized carbons (Fsp3) is 0.100. The SMILES string of the molecule is COC(=O)c1cnc2ccncc2c1Br. The van der Waals surface area contributed by atoms with Crippen molar-refractivity contribution in [1.82, 2.24) is 9.97 Å². The molecule has 2 aromatic rings. The summed E-state index contributed by atoms with van der Waals surface area (Å²) in [5.74, 6) is -0.417. The van der Waals surface area contributed by atoms with Crippen LogP contribution in [0.1, 0.15) is 10.4 Å². The Balaban J connectivity index is 2.70. The number of pyridine rings is 2. The van der Waals surface area contributed by atoms with Crippen molar-refractivity contribution in [3.63, 3.8) is 0 Å². The molecular weight excluding hydrogens is 260 g/mol. The summed E-state index contributed by atoms with van der Waals surface area (Å²) in [6, 6.07) is 1.78. The maximum absolute atomic E-state index is 11.4. The Hall–Kier alpha value is -1.49. The normalized spacial score (nSPS) is 10.3. The molecule has 76 valence electrons. The zero-order valence-electron chi connectivity index (χ0n) is 7.90. The largest absolute Gasteiger partial charge is 0.465 e. The summed E-state index contributed by atoms with van der Waals surface area (Å²) in [5.41, 5.74) is 1.18. The quantitative estimate of drug-likeness (QED) is 0.743. The molecule has 0 aromatic carbocycles. The number of aromatic nitrogens is 2. The zero-order chi connectivity index (χ0) is 10.8. The molecule has 0 bridgehead atoms. The highest BCUT2D eigenvalue weighted by atomic mass is 79.9. The van der Waals surface area contributed by atoms with Crippen molar-refractivity contribution in [1.29, 1.82) is 0 Å². The maximum atomic E-state index is 11.4. The molecule has 0 atom stereocenters. The standard InChI is InChI=1S/C10H7BrN2O2/c1-15-10(14)7-5-13-8-2-3-12-4-6(8)9(7)11/h2-5H,1H3. The Morgan fingerprint density at radius 3 is 3.00 bits per heavy atom. The minimum Gasteiger partial charge on any atom is -0.465 e. The number of hydrogen-bond donors (Lipinski definition) is 0. The van der Waals surface area contributed by atoms with Crippen molar-refractivity contribution in [3.05, 3.63) is 34.7 Å². The van der Waals surface area contributed by atoms with Crippen LogP contribution >= 0.6 is 15.9 Å².